The van der Waals surface area contributed by atoms with Gasteiger partial charge in [-0.05, 0) is 45.8 Å². The summed E-state index contributed by atoms with van der Waals surface area (Å²) in [6.45, 7) is 6.09. The second-order valence-electron chi connectivity index (χ2n) is 6.21. The second-order valence-corrected chi connectivity index (χ2v) is 7.38. The number of carbonyl (C=O) groups is 2. The standard InChI is InChI=1S/C15H28N2O2S/c1-11(20-4)13(18)17-15(2,3)14(19)16-10-12-8-6-5-7-9-12/h11-12H,5-10H2,1-4H3,(H,16,19)(H,17,18)/t11-/m0/s1. The van der Waals surface area contributed by atoms with E-state index in [2.05, 4.69) is 10.6 Å². The van der Waals surface area contributed by atoms with Gasteiger partial charge in [0.25, 0.3) is 0 Å². The Balaban J connectivity index is 2.41. The van der Waals surface area contributed by atoms with Crippen molar-refractivity contribution >= 4 is 23.6 Å². The third-order valence-corrected chi connectivity index (χ3v) is 4.92. The van der Waals surface area contributed by atoms with Gasteiger partial charge in [-0.2, -0.15) is 11.8 Å². The van der Waals surface area contributed by atoms with Gasteiger partial charge in [-0.15, -0.1) is 0 Å². The van der Waals surface area contributed by atoms with E-state index in [4.69, 9.17) is 0 Å². The van der Waals surface area contributed by atoms with Gasteiger partial charge in [0.05, 0.1) is 5.25 Å². The lowest BCUT2D eigenvalue weighted by atomic mass is 9.89. The molecule has 0 unspecified atom stereocenters. The first-order valence-electron chi connectivity index (χ1n) is 7.50. The lowest BCUT2D eigenvalue weighted by molar-refractivity contribution is -0.132. The van der Waals surface area contributed by atoms with Gasteiger partial charge < -0.3 is 10.6 Å². The molecule has 0 heterocycles. The van der Waals surface area contributed by atoms with Gasteiger partial charge in [0, 0.05) is 6.54 Å². The van der Waals surface area contributed by atoms with Crippen LogP contribution in [0.25, 0.3) is 0 Å². The highest BCUT2D eigenvalue weighted by molar-refractivity contribution is 7.99. The minimum absolute atomic E-state index is 0.0877. The SMILES string of the molecule is CS[C@@H](C)C(=O)NC(C)(C)C(=O)NCC1CCCCC1. The molecule has 0 aromatic heterocycles. The lowest BCUT2D eigenvalue weighted by Crippen LogP contribution is -2.56. The molecule has 0 aromatic rings. The Morgan fingerprint density at radius 2 is 1.85 bits per heavy atom. The molecular formula is C15H28N2O2S. The Labute approximate surface area is 126 Å². The number of rotatable bonds is 6. The van der Waals surface area contributed by atoms with Crippen molar-refractivity contribution < 1.29 is 9.59 Å². The first-order chi connectivity index (χ1) is 9.36. The number of carbonyl (C=O) groups excluding carboxylic acids is 2. The topological polar surface area (TPSA) is 58.2 Å². The molecule has 0 bridgehead atoms. The smallest absolute Gasteiger partial charge is 0.245 e. The Bertz CT molecular complexity index is 339. The van der Waals surface area contributed by atoms with Crippen molar-refractivity contribution in [1.29, 1.82) is 0 Å². The maximum absolute atomic E-state index is 12.2. The average Bonchev–Trinajstić information content (AvgIpc) is 2.44. The van der Waals surface area contributed by atoms with Gasteiger partial charge in [0.1, 0.15) is 5.54 Å². The molecule has 0 radical (unpaired) electrons. The molecule has 1 saturated carbocycles. The molecule has 0 saturated heterocycles. The quantitative estimate of drug-likeness (QED) is 0.791. The molecule has 1 atom stereocenters. The van der Waals surface area contributed by atoms with E-state index in [1.807, 2.05) is 13.2 Å². The highest BCUT2D eigenvalue weighted by Crippen LogP contribution is 2.22. The van der Waals surface area contributed by atoms with E-state index in [1.165, 1.54) is 43.9 Å². The number of hydrogen-bond acceptors (Lipinski definition) is 3. The summed E-state index contributed by atoms with van der Waals surface area (Å²) in [5, 5.41) is 5.68. The minimum Gasteiger partial charge on any atom is -0.354 e. The Kier molecular flexibility index (Phi) is 6.86. The number of hydrogen-bond donors (Lipinski definition) is 2. The molecule has 5 heteroatoms. The third-order valence-electron chi connectivity index (χ3n) is 4.00. The van der Waals surface area contributed by atoms with Crippen LogP contribution in [0.15, 0.2) is 0 Å². The summed E-state index contributed by atoms with van der Waals surface area (Å²) < 4.78 is 0. The van der Waals surface area contributed by atoms with Crippen molar-refractivity contribution in [1.82, 2.24) is 10.6 Å². The summed E-state index contributed by atoms with van der Waals surface area (Å²) in [6.07, 6.45) is 8.16. The summed E-state index contributed by atoms with van der Waals surface area (Å²) in [6, 6.07) is 0. The van der Waals surface area contributed by atoms with Crippen molar-refractivity contribution in [3.63, 3.8) is 0 Å². The maximum Gasteiger partial charge on any atom is 0.245 e. The van der Waals surface area contributed by atoms with Crippen LogP contribution in [0.4, 0.5) is 0 Å². The van der Waals surface area contributed by atoms with E-state index in [0.717, 1.165) is 6.54 Å². The lowest BCUT2D eigenvalue weighted by Gasteiger charge is -2.28. The number of thioether (sulfide) groups is 1. The summed E-state index contributed by atoms with van der Waals surface area (Å²) in [7, 11) is 0. The monoisotopic (exact) mass is 300 g/mol. The van der Waals surface area contributed by atoms with Gasteiger partial charge in [-0.3, -0.25) is 9.59 Å². The first-order valence-corrected chi connectivity index (χ1v) is 8.78. The van der Waals surface area contributed by atoms with Crippen molar-refractivity contribution in [2.24, 2.45) is 5.92 Å². The zero-order valence-electron chi connectivity index (χ0n) is 13.1. The zero-order chi connectivity index (χ0) is 15.2. The summed E-state index contributed by atoms with van der Waals surface area (Å²) in [5.41, 5.74) is -0.851. The van der Waals surface area contributed by atoms with Gasteiger partial charge in [0.15, 0.2) is 0 Å². The molecule has 1 aliphatic carbocycles. The summed E-state index contributed by atoms with van der Waals surface area (Å²) in [5.74, 6) is 0.421. The molecule has 4 nitrogen and oxygen atoms in total. The molecule has 0 spiro atoms. The Morgan fingerprint density at radius 1 is 1.25 bits per heavy atom. The fraction of sp³-hybridized carbons (Fsp3) is 0.867. The second kappa shape index (κ2) is 7.91. The van der Waals surface area contributed by atoms with Gasteiger partial charge in [-0.1, -0.05) is 19.3 Å². The fourth-order valence-electron chi connectivity index (χ4n) is 2.42. The predicted molar refractivity (Wildman–Crippen MR) is 84.8 cm³/mol. The van der Waals surface area contributed by atoms with Crippen LogP contribution in [-0.4, -0.2) is 35.4 Å². The summed E-state index contributed by atoms with van der Waals surface area (Å²) >= 11 is 1.48. The molecule has 20 heavy (non-hydrogen) atoms. The van der Waals surface area contributed by atoms with E-state index >= 15 is 0 Å². The first kappa shape index (κ1) is 17.3. The molecule has 116 valence electrons. The van der Waals surface area contributed by atoms with E-state index in [-0.39, 0.29) is 17.1 Å². The van der Waals surface area contributed by atoms with Crippen molar-refractivity contribution in [2.75, 3.05) is 12.8 Å². The molecule has 2 N–H and O–H groups in total. The normalized spacial score (nSPS) is 18.4. The summed E-state index contributed by atoms with van der Waals surface area (Å²) in [4.78, 5) is 24.1. The third kappa shape index (κ3) is 5.35. The average molecular weight is 300 g/mol. The molecule has 1 aliphatic rings. The van der Waals surface area contributed by atoms with Crippen LogP contribution in [0.2, 0.25) is 0 Å². The van der Waals surface area contributed by atoms with E-state index < -0.39 is 5.54 Å². The number of nitrogens with one attached hydrogen (secondary N) is 2. The largest absolute Gasteiger partial charge is 0.354 e. The van der Waals surface area contributed by atoms with Crippen LogP contribution in [-0.2, 0) is 9.59 Å². The van der Waals surface area contributed by atoms with Gasteiger partial charge in [0.2, 0.25) is 11.8 Å². The van der Waals surface area contributed by atoms with E-state index in [0.29, 0.717) is 5.92 Å². The predicted octanol–water partition coefficient (Wildman–Crippen LogP) is 2.33. The highest BCUT2D eigenvalue weighted by atomic mass is 32.2. The Morgan fingerprint density at radius 3 is 2.40 bits per heavy atom. The molecule has 0 aromatic carbocycles. The molecule has 1 fully saturated rings. The van der Waals surface area contributed by atoms with Gasteiger partial charge in [-0.25, -0.2) is 0 Å². The van der Waals surface area contributed by atoms with E-state index in [9.17, 15) is 9.59 Å². The molecule has 1 rings (SSSR count). The van der Waals surface area contributed by atoms with E-state index in [1.54, 1.807) is 13.8 Å². The molecule has 0 aliphatic heterocycles. The van der Waals surface area contributed by atoms with Crippen LogP contribution >= 0.6 is 11.8 Å². The van der Waals surface area contributed by atoms with Crippen LogP contribution in [0.1, 0.15) is 52.9 Å². The number of amides is 2. The maximum atomic E-state index is 12.2. The zero-order valence-corrected chi connectivity index (χ0v) is 13.9. The van der Waals surface area contributed by atoms with Crippen molar-refractivity contribution in [3.05, 3.63) is 0 Å². The van der Waals surface area contributed by atoms with Crippen molar-refractivity contribution in [3.8, 4) is 0 Å². The van der Waals surface area contributed by atoms with Crippen LogP contribution in [0.5, 0.6) is 0 Å². The fourth-order valence-corrected chi connectivity index (χ4v) is 2.70. The van der Waals surface area contributed by atoms with Crippen LogP contribution < -0.4 is 10.6 Å². The minimum atomic E-state index is -0.851. The highest BCUT2D eigenvalue weighted by Gasteiger charge is 2.31. The van der Waals surface area contributed by atoms with Crippen LogP contribution in [0, 0.1) is 5.92 Å². The van der Waals surface area contributed by atoms with Gasteiger partial charge >= 0.3 is 0 Å². The molecule has 2 amide bonds. The van der Waals surface area contributed by atoms with Crippen molar-refractivity contribution in [2.45, 2.75) is 63.7 Å². The van der Waals surface area contributed by atoms with Crippen LogP contribution in [0.3, 0.4) is 0 Å². The molecular weight excluding hydrogens is 272 g/mol. The Hall–Kier alpha value is -0.710.